The van der Waals surface area contributed by atoms with Gasteiger partial charge in [0.05, 0.1) is 13.2 Å². The molecular weight excluding hydrogens is 245 g/mol. The molecule has 3 nitrogen and oxygen atoms in total. The highest BCUT2D eigenvalue weighted by molar-refractivity contribution is 5.39. The number of halogens is 1. The summed E-state index contributed by atoms with van der Waals surface area (Å²) in [4.78, 5) is 0. The average molecular weight is 265 g/mol. The first-order valence-corrected chi connectivity index (χ1v) is 7.02. The summed E-state index contributed by atoms with van der Waals surface area (Å²) in [6.07, 6.45) is 2.82. The lowest BCUT2D eigenvalue weighted by Gasteiger charge is -2.39. The SMILES string of the molecule is CCCNC1CC2(CCOC2)Oc2ccc(F)cc21. The molecule has 19 heavy (non-hydrogen) atoms. The summed E-state index contributed by atoms with van der Waals surface area (Å²) in [7, 11) is 0. The maximum atomic E-state index is 13.5. The second-order valence-electron chi connectivity index (χ2n) is 5.48. The Bertz CT molecular complexity index is 457. The number of benzene rings is 1. The van der Waals surface area contributed by atoms with Gasteiger partial charge in [-0.3, -0.25) is 0 Å². The second kappa shape index (κ2) is 5.10. The lowest BCUT2D eigenvalue weighted by Crippen LogP contribution is -2.44. The smallest absolute Gasteiger partial charge is 0.136 e. The molecule has 2 aliphatic heterocycles. The van der Waals surface area contributed by atoms with E-state index in [1.165, 1.54) is 6.07 Å². The van der Waals surface area contributed by atoms with Crippen LogP contribution in [0.3, 0.4) is 0 Å². The topological polar surface area (TPSA) is 30.5 Å². The van der Waals surface area contributed by atoms with Crippen molar-refractivity contribution in [3.05, 3.63) is 29.6 Å². The third-order valence-electron chi connectivity index (χ3n) is 3.96. The molecular formula is C15H20FNO2. The van der Waals surface area contributed by atoms with Crippen LogP contribution in [0.1, 0.15) is 37.8 Å². The van der Waals surface area contributed by atoms with Crippen molar-refractivity contribution < 1.29 is 13.9 Å². The van der Waals surface area contributed by atoms with Gasteiger partial charge in [-0.15, -0.1) is 0 Å². The van der Waals surface area contributed by atoms with Crippen LogP contribution in [0.2, 0.25) is 0 Å². The Morgan fingerprint density at radius 2 is 2.37 bits per heavy atom. The summed E-state index contributed by atoms with van der Waals surface area (Å²) in [5, 5.41) is 3.50. The molecule has 1 aromatic rings. The molecule has 2 aliphatic rings. The van der Waals surface area contributed by atoms with Crippen molar-refractivity contribution in [2.24, 2.45) is 0 Å². The van der Waals surface area contributed by atoms with Gasteiger partial charge in [0.2, 0.25) is 0 Å². The molecule has 104 valence electrons. The van der Waals surface area contributed by atoms with Gasteiger partial charge in [-0.05, 0) is 31.2 Å². The van der Waals surface area contributed by atoms with Crippen LogP contribution in [0, 0.1) is 5.82 Å². The van der Waals surface area contributed by atoms with E-state index in [1.807, 2.05) is 0 Å². The molecule has 0 aliphatic carbocycles. The van der Waals surface area contributed by atoms with Crippen molar-refractivity contribution in [1.29, 1.82) is 0 Å². The van der Waals surface area contributed by atoms with Crippen LogP contribution in [0.15, 0.2) is 18.2 Å². The molecule has 0 amide bonds. The lowest BCUT2D eigenvalue weighted by atomic mass is 9.86. The minimum absolute atomic E-state index is 0.154. The number of fused-ring (bicyclic) bond motifs is 1. The molecule has 0 radical (unpaired) electrons. The Morgan fingerprint density at radius 3 is 3.11 bits per heavy atom. The highest BCUT2D eigenvalue weighted by atomic mass is 19.1. The molecule has 1 N–H and O–H groups in total. The molecule has 3 rings (SSSR count). The summed E-state index contributed by atoms with van der Waals surface area (Å²) in [5.41, 5.74) is 0.710. The molecule has 1 fully saturated rings. The summed E-state index contributed by atoms with van der Waals surface area (Å²) in [5.74, 6) is 0.594. The van der Waals surface area contributed by atoms with E-state index in [1.54, 1.807) is 12.1 Å². The summed E-state index contributed by atoms with van der Waals surface area (Å²) < 4.78 is 25.1. The van der Waals surface area contributed by atoms with Crippen LogP contribution in [-0.4, -0.2) is 25.4 Å². The van der Waals surface area contributed by atoms with Crippen molar-refractivity contribution in [1.82, 2.24) is 5.32 Å². The molecule has 2 unspecified atom stereocenters. The first-order chi connectivity index (χ1) is 9.22. The minimum atomic E-state index is -0.226. The van der Waals surface area contributed by atoms with Gasteiger partial charge in [0.1, 0.15) is 17.2 Å². The summed E-state index contributed by atoms with van der Waals surface area (Å²) in [6, 6.07) is 4.95. The quantitative estimate of drug-likeness (QED) is 0.911. The number of hydrogen-bond acceptors (Lipinski definition) is 3. The molecule has 0 bridgehead atoms. The van der Waals surface area contributed by atoms with Crippen molar-refractivity contribution >= 4 is 0 Å². The fourth-order valence-electron chi connectivity index (χ4n) is 2.97. The van der Waals surface area contributed by atoms with Crippen LogP contribution < -0.4 is 10.1 Å². The molecule has 0 aromatic heterocycles. The second-order valence-corrected chi connectivity index (χ2v) is 5.48. The average Bonchev–Trinajstić information content (AvgIpc) is 2.85. The molecule has 4 heteroatoms. The number of nitrogens with one attached hydrogen (secondary N) is 1. The first-order valence-electron chi connectivity index (χ1n) is 7.02. The highest BCUT2D eigenvalue weighted by Crippen LogP contribution is 2.43. The van der Waals surface area contributed by atoms with Crippen molar-refractivity contribution in [3.8, 4) is 5.75 Å². The fraction of sp³-hybridized carbons (Fsp3) is 0.600. The Kier molecular flexibility index (Phi) is 3.46. The van der Waals surface area contributed by atoms with Gasteiger partial charge < -0.3 is 14.8 Å². The van der Waals surface area contributed by atoms with E-state index >= 15 is 0 Å². The predicted molar refractivity (Wildman–Crippen MR) is 70.8 cm³/mol. The number of hydrogen-bond donors (Lipinski definition) is 1. The molecule has 1 spiro atoms. The molecule has 0 saturated carbocycles. The van der Waals surface area contributed by atoms with E-state index < -0.39 is 0 Å². The van der Waals surface area contributed by atoms with Gasteiger partial charge in [0.15, 0.2) is 0 Å². The van der Waals surface area contributed by atoms with Gasteiger partial charge in [-0.1, -0.05) is 6.92 Å². The Balaban J connectivity index is 1.91. The zero-order chi connectivity index (χ0) is 13.3. The van der Waals surface area contributed by atoms with Crippen molar-refractivity contribution in [2.75, 3.05) is 19.8 Å². The lowest BCUT2D eigenvalue weighted by molar-refractivity contribution is 0.0187. The zero-order valence-electron chi connectivity index (χ0n) is 11.2. The maximum absolute atomic E-state index is 13.5. The molecule has 1 saturated heterocycles. The van der Waals surface area contributed by atoms with Crippen molar-refractivity contribution in [2.45, 2.75) is 37.8 Å². The highest BCUT2D eigenvalue weighted by Gasteiger charge is 2.44. The predicted octanol–water partition coefficient (Wildman–Crippen LogP) is 2.81. The number of ether oxygens (including phenoxy) is 2. The first kappa shape index (κ1) is 12.9. The fourth-order valence-corrected chi connectivity index (χ4v) is 2.97. The van der Waals surface area contributed by atoms with E-state index in [9.17, 15) is 4.39 Å². The van der Waals surface area contributed by atoms with Crippen LogP contribution in [0.25, 0.3) is 0 Å². The van der Waals surface area contributed by atoms with E-state index in [0.717, 1.165) is 43.7 Å². The van der Waals surface area contributed by atoms with Gasteiger partial charge in [0.25, 0.3) is 0 Å². The standard InChI is InChI=1S/C15H20FNO2/c1-2-6-17-13-9-15(5-7-18-10-15)19-14-4-3-11(16)8-12(13)14/h3-4,8,13,17H,2,5-7,9-10H2,1H3. The maximum Gasteiger partial charge on any atom is 0.136 e. The Morgan fingerprint density at radius 1 is 1.47 bits per heavy atom. The number of rotatable bonds is 3. The monoisotopic (exact) mass is 265 g/mol. The van der Waals surface area contributed by atoms with E-state index in [4.69, 9.17) is 9.47 Å². The van der Waals surface area contributed by atoms with Crippen LogP contribution in [-0.2, 0) is 4.74 Å². The zero-order valence-corrected chi connectivity index (χ0v) is 11.2. The van der Waals surface area contributed by atoms with Gasteiger partial charge in [-0.25, -0.2) is 4.39 Å². The normalized spacial score (nSPS) is 29.3. The minimum Gasteiger partial charge on any atom is -0.484 e. The third-order valence-corrected chi connectivity index (χ3v) is 3.96. The van der Waals surface area contributed by atoms with Crippen molar-refractivity contribution in [3.63, 3.8) is 0 Å². The summed E-state index contributed by atoms with van der Waals surface area (Å²) in [6.45, 7) is 4.44. The Labute approximate surface area is 113 Å². The molecule has 2 heterocycles. The molecule has 1 aromatic carbocycles. The van der Waals surface area contributed by atoms with Gasteiger partial charge >= 0.3 is 0 Å². The Hall–Kier alpha value is -1.13. The van der Waals surface area contributed by atoms with E-state index in [-0.39, 0.29) is 17.5 Å². The van der Waals surface area contributed by atoms with Gasteiger partial charge in [0, 0.05) is 24.4 Å². The largest absolute Gasteiger partial charge is 0.484 e. The summed E-state index contributed by atoms with van der Waals surface area (Å²) >= 11 is 0. The third kappa shape index (κ3) is 2.47. The van der Waals surface area contributed by atoms with E-state index in [0.29, 0.717) is 6.61 Å². The van der Waals surface area contributed by atoms with Crippen LogP contribution in [0.4, 0.5) is 4.39 Å². The van der Waals surface area contributed by atoms with Gasteiger partial charge in [-0.2, -0.15) is 0 Å². The molecule has 2 atom stereocenters. The van der Waals surface area contributed by atoms with Crippen LogP contribution in [0.5, 0.6) is 5.75 Å². The van der Waals surface area contributed by atoms with Crippen LogP contribution >= 0.6 is 0 Å². The van der Waals surface area contributed by atoms with E-state index in [2.05, 4.69) is 12.2 Å².